The van der Waals surface area contributed by atoms with Crippen LogP contribution in [0.2, 0.25) is 0 Å². The molecule has 0 atom stereocenters. The summed E-state index contributed by atoms with van der Waals surface area (Å²) in [6, 6.07) is 3.37. The van der Waals surface area contributed by atoms with Gasteiger partial charge < -0.3 is 20.0 Å². The maximum absolute atomic E-state index is 9.76. The molecular weight excluding hydrogens is 268 g/mol. The lowest BCUT2D eigenvalue weighted by molar-refractivity contribution is 0.340. The van der Waals surface area contributed by atoms with Crippen molar-refractivity contribution in [2.45, 2.75) is 26.3 Å². The van der Waals surface area contributed by atoms with Crippen molar-refractivity contribution >= 4 is 18.6 Å². The molecule has 6 heteroatoms. The van der Waals surface area contributed by atoms with Gasteiger partial charge in [0, 0.05) is 11.1 Å². The highest BCUT2D eigenvalue weighted by atomic mass is 35.5. The topological polar surface area (TPSA) is 63.1 Å². The third kappa shape index (κ3) is 5.26. The van der Waals surface area contributed by atoms with E-state index in [1.165, 1.54) is 14.2 Å². The molecule has 0 aliphatic rings. The largest absolute Gasteiger partial charge is 0.502 e. The molecule has 0 saturated carbocycles. The van der Waals surface area contributed by atoms with Gasteiger partial charge in [-0.05, 0) is 32.9 Å². The van der Waals surface area contributed by atoms with E-state index in [4.69, 9.17) is 9.47 Å². The Labute approximate surface area is 120 Å². The zero-order chi connectivity index (χ0) is 13.8. The van der Waals surface area contributed by atoms with Crippen LogP contribution in [-0.2, 0) is 0 Å². The van der Waals surface area contributed by atoms with Gasteiger partial charge in [0.15, 0.2) is 11.5 Å². The van der Waals surface area contributed by atoms with Crippen molar-refractivity contribution in [3.05, 3.63) is 17.7 Å². The van der Waals surface area contributed by atoms with E-state index in [1.54, 1.807) is 18.3 Å². The molecule has 5 nitrogen and oxygen atoms in total. The van der Waals surface area contributed by atoms with Gasteiger partial charge in [-0.25, -0.2) is 0 Å². The van der Waals surface area contributed by atoms with E-state index in [9.17, 15) is 5.11 Å². The molecule has 0 radical (unpaired) electrons. The summed E-state index contributed by atoms with van der Waals surface area (Å²) in [7, 11) is 2.98. The van der Waals surface area contributed by atoms with E-state index in [1.807, 2.05) is 20.8 Å². The fraction of sp³-hybridized carbons (Fsp3) is 0.462. The summed E-state index contributed by atoms with van der Waals surface area (Å²) in [6.07, 6.45) is 1.65. The van der Waals surface area contributed by atoms with Crippen LogP contribution in [0.4, 0.5) is 0 Å². The number of phenols is 1. The number of hydrazone groups is 1. The lowest BCUT2D eigenvalue weighted by Crippen LogP contribution is -2.31. The minimum absolute atomic E-state index is 0. The first-order valence-electron chi connectivity index (χ1n) is 5.62. The quantitative estimate of drug-likeness (QED) is 0.660. The number of benzene rings is 1. The Morgan fingerprint density at radius 1 is 1.16 bits per heavy atom. The second kappa shape index (κ2) is 7.09. The highest BCUT2D eigenvalue weighted by Gasteiger charge is 2.10. The SMILES string of the molecule is COc1cc(/C=N/NC(C)(C)C)cc(OC)c1O.Cl. The lowest BCUT2D eigenvalue weighted by Gasteiger charge is -2.17. The molecule has 0 spiro atoms. The van der Waals surface area contributed by atoms with Crippen molar-refractivity contribution < 1.29 is 14.6 Å². The number of phenolic OH excluding ortho intramolecular Hbond substituents is 1. The normalized spacial score (nSPS) is 11.0. The van der Waals surface area contributed by atoms with Gasteiger partial charge in [0.2, 0.25) is 5.75 Å². The summed E-state index contributed by atoms with van der Waals surface area (Å²) in [5.41, 5.74) is 3.67. The Hall–Kier alpha value is -1.62. The number of aromatic hydroxyl groups is 1. The average molecular weight is 289 g/mol. The van der Waals surface area contributed by atoms with E-state index in [0.717, 1.165) is 5.56 Å². The standard InChI is InChI=1S/C13H20N2O3.ClH/c1-13(2,3)15-14-8-9-6-10(17-4)12(16)11(7-9)18-5;/h6-8,15-16H,1-5H3;1H/b14-8+;. The Morgan fingerprint density at radius 3 is 2.00 bits per heavy atom. The maximum Gasteiger partial charge on any atom is 0.200 e. The highest BCUT2D eigenvalue weighted by molar-refractivity contribution is 5.85. The second-order valence-corrected chi connectivity index (χ2v) is 4.89. The summed E-state index contributed by atoms with van der Waals surface area (Å²) in [5.74, 6) is 0.694. The van der Waals surface area contributed by atoms with Gasteiger partial charge in [-0.2, -0.15) is 5.10 Å². The van der Waals surface area contributed by atoms with Gasteiger partial charge in [0.05, 0.1) is 20.4 Å². The van der Waals surface area contributed by atoms with Crippen LogP contribution in [0.1, 0.15) is 26.3 Å². The van der Waals surface area contributed by atoms with Crippen LogP contribution < -0.4 is 14.9 Å². The van der Waals surface area contributed by atoms with Gasteiger partial charge in [0.25, 0.3) is 0 Å². The van der Waals surface area contributed by atoms with Gasteiger partial charge in [-0.3, -0.25) is 0 Å². The Balaban J connectivity index is 0.00000324. The lowest BCUT2D eigenvalue weighted by atomic mass is 10.1. The molecule has 19 heavy (non-hydrogen) atoms. The van der Waals surface area contributed by atoms with Gasteiger partial charge >= 0.3 is 0 Å². The molecule has 2 N–H and O–H groups in total. The minimum Gasteiger partial charge on any atom is -0.502 e. The Morgan fingerprint density at radius 2 is 1.63 bits per heavy atom. The third-order valence-electron chi connectivity index (χ3n) is 2.12. The predicted molar refractivity (Wildman–Crippen MR) is 78.9 cm³/mol. The highest BCUT2D eigenvalue weighted by Crippen LogP contribution is 2.36. The molecule has 0 saturated heterocycles. The number of halogens is 1. The second-order valence-electron chi connectivity index (χ2n) is 4.89. The number of hydrogen-bond donors (Lipinski definition) is 2. The minimum atomic E-state index is -0.0956. The van der Waals surface area contributed by atoms with Gasteiger partial charge in [0.1, 0.15) is 0 Å². The first-order valence-corrected chi connectivity index (χ1v) is 5.62. The Kier molecular flexibility index (Phi) is 6.48. The zero-order valence-electron chi connectivity index (χ0n) is 11.9. The Bertz CT molecular complexity index is 417. The number of hydrogen-bond acceptors (Lipinski definition) is 5. The van der Waals surface area contributed by atoms with E-state index in [-0.39, 0.29) is 23.7 Å². The van der Waals surface area contributed by atoms with Gasteiger partial charge in [-0.1, -0.05) is 0 Å². The van der Waals surface area contributed by atoms with Crippen LogP contribution in [0.5, 0.6) is 17.2 Å². The number of rotatable bonds is 4. The summed E-state index contributed by atoms with van der Waals surface area (Å²) >= 11 is 0. The number of ether oxygens (including phenoxy) is 2. The third-order valence-corrected chi connectivity index (χ3v) is 2.12. The van der Waals surface area contributed by atoms with Crippen LogP contribution in [0.15, 0.2) is 17.2 Å². The summed E-state index contributed by atoms with van der Waals surface area (Å²) in [6.45, 7) is 6.05. The molecule has 0 aliphatic heterocycles. The van der Waals surface area contributed by atoms with Crippen LogP contribution in [0, 0.1) is 0 Å². The van der Waals surface area contributed by atoms with Crippen LogP contribution in [-0.4, -0.2) is 31.1 Å². The van der Waals surface area contributed by atoms with Crippen LogP contribution in [0.25, 0.3) is 0 Å². The summed E-state index contributed by atoms with van der Waals surface area (Å²) < 4.78 is 10.1. The molecule has 108 valence electrons. The smallest absolute Gasteiger partial charge is 0.200 e. The molecule has 0 heterocycles. The molecule has 0 unspecified atom stereocenters. The van der Waals surface area contributed by atoms with E-state index >= 15 is 0 Å². The first-order chi connectivity index (χ1) is 8.37. The van der Waals surface area contributed by atoms with Crippen molar-refractivity contribution in [3.8, 4) is 17.2 Å². The molecule has 1 aromatic rings. The molecular formula is C13H21ClN2O3. The van der Waals surface area contributed by atoms with E-state index < -0.39 is 0 Å². The summed E-state index contributed by atoms with van der Waals surface area (Å²) in [4.78, 5) is 0. The molecule has 0 aliphatic carbocycles. The van der Waals surface area contributed by atoms with Crippen molar-refractivity contribution in [3.63, 3.8) is 0 Å². The van der Waals surface area contributed by atoms with Crippen molar-refractivity contribution in [2.24, 2.45) is 5.10 Å². The zero-order valence-corrected chi connectivity index (χ0v) is 12.7. The molecule has 0 aromatic heterocycles. The summed E-state index contributed by atoms with van der Waals surface area (Å²) in [5, 5.41) is 13.9. The number of nitrogens with zero attached hydrogens (tertiary/aromatic N) is 1. The van der Waals surface area contributed by atoms with E-state index in [2.05, 4.69) is 10.5 Å². The molecule has 0 bridgehead atoms. The fourth-order valence-electron chi connectivity index (χ4n) is 1.29. The average Bonchev–Trinajstić information content (AvgIpc) is 2.29. The first kappa shape index (κ1) is 17.4. The fourth-order valence-corrected chi connectivity index (χ4v) is 1.29. The molecule has 1 rings (SSSR count). The monoisotopic (exact) mass is 288 g/mol. The molecule has 1 aromatic carbocycles. The predicted octanol–water partition coefficient (Wildman–Crippen LogP) is 2.55. The van der Waals surface area contributed by atoms with Crippen molar-refractivity contribution in [2.75, 3.05) is 14.2 Å². The molecule has 0 amide bonds. The van der Waals surface area contributed by atoms with E-state index in [0.29, 0.717) is 11.5 Å². The van der Waals surface area contributed by atoms with Crippen LogP contribution >= 0.6 is 12.4 Å². The van der Waals surface area contributed by atoms with Crippen LogP contribution in [0.3, 0.4) is 0 Å². The van der Waals surface area contributed by atoms with Gasteiger partial charge in [-0.15, -0.1) is 12.4 Å². The number of methoxy groups -OCH3 is 2. The molecule has 0 fully saturated rings. The van der Waals surface area contributed by atoms with Crippen molar-refractivity contribution in [1.29, 1.82) is 0 Å². The maximum atomic E-state index is 9.76. The number of nitrogens with one attached hydrogen (secondary N) is 1. The van der Waals surface area contributed by atoms with Crippen molar-refractivity contribution in [1.82, 2.24) is 5.43 Å².